The predicted molar refractivity (Wildman–Crippen MR) is 65.6 cm³/mol. The van der Waals surface area contributed by atoms with E-state index in [1.54, 1.807) is 7.11 Å². The maximum Gasteiger partial charge on any atom is 0.123 e. The molecule has 16 heavy (non-hydrogen) atoms. The molecular weight excluding hydrogens is 200 g/mol. The molecule has 1 aliphatic rings. The number of rotatable bonds is 5. The van der Waals surface area contributed by atoms with Gasteiger partial charge < -0.3 is 15.4 Å². The van der Waals surface area contributed by atoms with Gasteiger partial charge in [0.05, 0.1) is 7.11 Å². The van der Waals surface area contributed by atoms with Crippen molar-refractivity contribution in [3.05, 3.63) is 29.8 Å². The second kappa shape index (κ2) is 4.85. The molecule has 0 amide bonds. The van der Waals surface area contributed by atoms with Crippen molar-refractivity contribution in [3.63, 3.8) is 0 Å². The first kappa shape index (κ1) is 11.4. The van der Waals surface area contributed by atoms with Crippen molar-refractivity contribution in [2.24, 2.45) is 5.73 Å². The maximum absolute atomic E-state index is 6.22. The monoisotopic (exact) mass is 220 g/mol. The van der Waals surface area contributed by atoms with Crippen LogP contribution in [0.15, 0.2) is 24.3 Å². The van der Waals surface area contributed by atoms with Crippen LogP contribution in [-0.2, 0) is 0 Å². The highest BCUT2D eigenvalue weighted by molar-refractivity contribution is 5.35. The summed E-state index contributed by atoms with van der Waals surface area (Å²) in [6.45, 7) is 0.894. The highest BCUT2D eigenvalue weighted by atomic mass is 16.5. The Hall–Kier alpha value is -1.06. The number of benzene rings is 1. The molecule has 0 aromatic heterocycles. The minimum absolute atomic E-state index is 0.0294. The fraction of sp³-hybridized carbons (Fsp3) is 0.538. The smallest absolute Gasteiger partial charge is 0.123 e. The van der Waals surface area contributed by atoms with Crippen LogP contribution in [0.4, 0.5) is 0 Å². The van der Waals surface area contributed by atoms with Gasteiger partial charge in [0.2, 0.25) is 0 Å². The molecule has 3 heteroatoms. The largest absolute Gasteiger partial charge is 0.496 e. The summed E-state index contributed by atoms with van der Waals surface area (Å²) in [5.74, 6) is 0.888. The number of hydrogen-bond donors (Lipinski definition) is 1. The summed E-state index contributed by atoms with van der Waals surface area (Å²) in [5, 5.41) is 0. The lowest BCUT2D eigenvalue weighted by atomic mass is 10.1. The third-order valence-corrected chi connectivity index (χ3v) is 3.19. The van der Waals surface area contributed by atoms with Gasteiger partial charge in [-0.3, -0.25) is 0 Å². The molecule has 2 N–H and O–H groups in total. The molecule has 1 aliphatic carbocycles. The summed E-state index contributed by atoms with van der Waals surface area (Å²) in [4.78, 5) is 2.34. The molecule has 1 saturated carbocycles. The molecule has 3 nitrogen and oxygen atoms in total. The minimum atomic E-state index is 0.0294. The fourth-order valence-electron chi connectivity index (χ4n) is 2.05. The van der Waals surface area contributed by atoms with Gasteiger partial charge in [0.15, 0.2) is 0 Å². The highest BCUT2D eigenvalue weighted by Gasteiger charge is 2.27. The molecule has 0 bridgehead atoms. The van der Waals surface area contributed by atoms with Crippen LogP contribution < -0.4 is 10.5 Å². The summed E-state index contributed by atoms with van der Waals surface area (Å²) < 4.78 is 5.33. The molecule has 1 unspecified atom stereocenters. The van der Waals surface area contributed by atoms with E-state index in [1.807, 2.05) is 24.3 Å². The molecular formula is C13H20N2O. The standard InChI is InChI=1S/C13H20N2O/c1-15(10-7-8-10)9-12(14)11-5-3-4-6-13(11)16-2/h3-6,10,12H,7-9,14H2,1-2H3. The molecule has 1 aromatic carbocycles. The second-order valence-electron chi connectivity index (χ2n) is 4.52. The topological polar surface area (TPSA) is 38.5 Å². The highest BCUT2D eigenvalue weighted by Crippen LogP contribution is 2.29. The third-order valence-electron chi connectivity index (χ3n) is 3.19. The fourth-order valence-corrected chi connectivity index (χ4v) is 2.05. The van der Waals surface area contributed by atoms with E-state index in [9.17, 15) is 0 Å². The lowest BCUT2D eigenvalue weighted by molar-refractivity contribution is 0.299. The Balaban J connectivity index is 2.04. The van der Waals surface area contributed by atoms with E-state index in [-0.39, 0.29) is 6.04 Å². The maximum atomic E-state index is 6.22. The summed E-state index contributed by atoms with van der Waals surface area (Å²) in [6, 6.07) is 8.77. The van der Waals surface area contributed by atoms with Crippen LogP contribution in [-0.4, -0.2) is 31.6 Å². The number of nitrogens with two attached hydrogens (primary N) is 1. The van der Waals surface area contributed by atoms with E-state index in [0.717, 1.165) is 23.9 Å². The molecule has 1 fully saturated rings. The molecule has 1 aromatic rings. The van der Waals surface area contributed by atoms with Gasteiger partial charge in [0, 0.05) is 24.2 Å². The number of para-hydroxylation sites is 1. The van der Waals surface area contributed by atoms with Gasteiger partial charge in [-0.25, -0.2) is 0 Å². The van der Waals surface area contributed by atoms with E-state index in [4.69, 9.17) is 10.5 Å². The molecule has 2 rings (SSSR count). The second-order valence-corrected chi connectivity index (χ2v) is 4.52. The van der Waals surface area contributed by atoms with Crippen LogP contribution in [0.1, 0.15) is 24.4 Å². The Morgan fingerprint density at radius 2 is 2.12 bits per heavy atom. The van der Waals surface area contributed by atoms with Gasteiger partial charge in [0.25, 0.3) is 0 Å². The molecule has 0 spiro atoms. The van der Waals surface area contributed by atoms with Crippen molar-refractivity contribution in [2.75, 3.05) is 20.7 Å². The van der Waals surface area contributed by atoms with Crippen LogP contribution in [0, 0.1) is 0 Å². The first-order valence-corrected chi connectivity index (χ1v) is 5.81. The number of methoxy groups -OCH3 is 1. The van der Waals surface area contributed by atoms with Crippen molar-refractivity contribution in [3.8, 4) is 5.75 Å². The van der Waals surface area contributed by atoms with Gasteiger partial charge in [-0.2, -0.15) is 0 Å². The van der Waals surface area contributed by atoms with Crippen molar-refractivity contribution in [2.45, 2.75) is 24.9 Å². The average Bonchev–Trinajstić information content (AvgIpc) is 3.12. The van der Waals surface area contributed by atoms with Gasteiger partial charge in [-0.1, -0.05) is 18.2 Å². The first-order chi connectivity index (χ1) is 7.72. The van der Waals surface area contributed by atoms with Crippen molar-refractivity contribution >= 4 is 0 Å². The Bertz CT molecular complexity index is 350. The average molecular weight is 220 g/mol. The Labute approximate surface area is 97.2 Å². The zero-order chi connectivity index (χ0) is 11.5. The van der Waals surface area contributed by atoms with E-state index in [0.29, 0.717) is 0 Å². The third kappa shape index (κ3) is 2.54. The van der Waals surface area contributed by atoms with Crippen LogP contribution in [0.2, 0.25) is 0 Å². The number of hydrogen-bond acceptors (Lipinski definition) is 3. The molecule has 88 valence electrons. The summed E-state index contributed by atoms with van der Waals surface area (Å²) >= 11 is 0. The van der Waals surface area contributed by atoms with E-state index >= 15 is 0 Å². The van der Waals surface area contributed by atoms with E-state index in [2.05, 4.69) is 11.9 Å². The summed E-state index contributed by atoms with van der Waals surface area (Å²) in [6.07, 6.45) is 2.63. The van der Waals surface area contributed by atoms with Gasteiger partial charge in [-0.05, 0) is 26.0 Å². The lowest BCUT2D eigenvalue weighted by Gasteiger charge is -2.22. The van der Waals surface area contributed by atoms with Gasteiger partial charge in [0.1, 0.15) is 5.75 Å². The number of ether oxygens (including phenoxy) is 1. The first-order valence-electron chi connectivity index (χ1n) is 5.81. The summed E-state index contributed by atoms with van der Waals surface area (Å²) in [5.41, 5.74) is 7.31. The van der Waals surface area contributed by atoms with Gasteiger partial charge >= 0.3 is 0 Å². The Kier molecular flexibility index (Phi) is 3.46. The normalized spacial score (nSPS) is 17.5. The molecule has 0 saturated heterocycles. The Morgan fingerprint density at radius 3 is 2.75 bits per heavy atom. The van der Waals surface area contributed by atoms with Crippen molar-refractivity contribution < 1.29 is 4.74 Å². The zero-order valence-electron chi connectivity index (χ0n) is 10.0. The van der Waals surface area contributed by atoms with Crippen LogP contribution in [0.3, 0.4) is 0 Å². The molecule has 1 atom stereocenters. The predicted octanol–water partition coefficient (Wildman–Crippen LogP) is 1.79. The SMILES string of the molecule is COc1ccccc1C(N)CN(C)C1CC1. The molecule has 0 heterocycles. The van der Waals surface area contributed by atoms with E-state index < -0.39 is 0 Å². The molecule has 0 radical (unpaired) electrons. The summed E-state index contributed by atoms with van der Waals surface area (Å²) in [7, 11) is 3.84. The number of nitrogens with zero attached hydrogens (tertiary/aromatic N) is 1. The number of likely N-dealkylation sites (N-methyl/N-ethyl adjacent to an activating group) is 1. The van der Waals surface area contributed by atoms with Crippen LogP contribution in [0.5, 0.6) is 5.75 Å². The van der Waals surface area contributed by atoms with Crippen LogP contribution in [0.25, 0.3) is 0 Å². The van der Waals surface area contributed by atoms with Crippen molar-refractivity contribution in [1.82, 2.24) is 4.90 Å². The lowest BCUT2D eigenvalue weighted by Crippen LogP contribution is -2.30. The van der Waals surface area contributed by atoms with Crippen LogP contribution >= 0.6 is 0 Å². The Morgan fingerprint density at radius 1 is 1.44 bits per heavy atom. The zero-order valence-corrected chi connectivity index (χ0v) is 10.0. The van der Waals surface area contributed by atoms with Crippen molar-refractivity contribution in [1.29, 1.82) is 0 Å². The van der Waals surface area contributed by atoms with E-state index in [1.165, 1.54) is 12.8 Å². The molecule has 0 aliphatic heterocycles. The quantitative estimate of drug-likeness (QED) is 0.822. The van der Waals surface area contributed by atoms with Gasteiger partial charge in [-0.15, -0.1) is 0 Å². The minimum Gasteiger partial charge on any atom is -0.496 e.